The molecule has 1 heterocycles. The Hall–Kier alpha value is -3.09. The van der Waals surface area contributed by atoms with Crippen LogP contribution in [0.1, 0.15) is 43.9 Å². The summed E-state index contributed by atoms with van der Waals surface area (Å²) in [6.45, 7) is 2.78. The zero-order valence-corrected chi connectivity index (χ0v) is 17.3. The zero-order valence-electron chi connectivity index (χ0n) is 17.3. The molecule has 1 aromatic heterocycles. The van der Waals surface area contributed by atoms with Crippen LogP contribution < -0.4 is 0 Å². The van der Waals surface area contributed by atoms with Crippen molar-refractivity contribution < 1.29 is 23.5 Å². The second kappa shape index (κ2) is 10.6. The molecule has 160 valence electrons. The Bertz CT molecular complexity index is 831. The lowest BCUT2D eigenvalue weighted by atomic mass is 10.2. The molecule has 1 aromatic carbocycles. The molecule has 0 spiro atoms. The van der Waals surface area contributed by atoms with E-state index in [0.29, 0.717) is 25.5 Å². The number of benzene rings is 1. The molecule has 2 amide bonds. The molecule has 0 aliphatic heterocycles. The molecule has 0 saturated heterocycles. The van der Waals surface area contributed by atoms with Crippen molar-refractivity contribution >= 4 is 17.8 Å². The van der Waals surface area contributed by atoms with E-state index in [2.05, 4.69) is 0 Å². The van der Waals surface area contributed by atoms with Gasteiger partial charge >= 0.3 is 5.97 Å². The second-order valence-corrected chi connectivity index (χ2v) is 7.37. The van der Waals surface area contributed by atoms with Crippen LogP contribution in [0.4, 0.5) is 0 Å². The molecule has 0 N–H and O–H groups in total. The summed E-state index contributed by atoms with van der Waals surface area (Å²) in [6.07, 6.45) is 3.43. The van der Waals surface area contributed by atoms with E-state index in [1.54, 1.807) is 29.1 Å². The molecule has 1 aliphatic rings. The monoisotopic (exact) mass is 412 g/mol. The van der Waals surface area contributed by atoms with Crippen LogP contribution in [0.25, 0.3) is 0 Å². The fraction of sp³-hybridized carbons (Fsp3) is 0.435. The van der Waals surface area contributed by atoms with Gasteiger partial charge in [-0.3, -0.25) is 14.4 Å². The van der Waals surface area contributed by atoms with E-state index in [1.165, 1.54) is 0 Å². The topological polar surface area (TPSA) is 80.1 Å². The first-order valence-electron chi connectivity index (χ1n) is 10.4. The van der Waals surface area contributed by atoms with Crippen LogP contribution in [0.5, 0.6) is 0 Å². The Balaban J connectivity index is 1.65. The van der Waals surface area contributed by atoms with Gasteiger partial charge in [0.25, 0.3) is 0 Å². The van der Waals surface area contributed by atoms with E-state index in [4.69, 9.17) is 9.15 Å². The summed E-state index contributed by atoms with van der Waals surface area (Å²) in [5.74, 6) is -0.0365. The fourth-order valence-corrected chi connectivity index (χ4v) is 3.27. The fourth-order valence-electron chi connectivity index (χ4n) is 3.27. The third-order valence-corrected chi connectivity index (χ3v) is 4.96. The van der Waals surface area contributed by atoms with Crippen molar-refractivity contribution in [3.63, 3.8) is 0 Å². The molecule has 2 aromatic rings. The van der Waals surface area contributed by atoms with Crippen LogP contribution in [0.15, 0.2) is 53.1 Å². The van der Waals surface area contributed by atoms with Crippen LogP contribution in [0.3, 0.4) is 0 Å². The number of hydrogen-bond donors (Lipinski definition) is 0. The van der Waals surface area contributed by atoms with Crippen molar-refractivity contribution in [3.8, 4) is 0 Å². The molecule has 3 rings (SSSR count). The molecule has 30 heavy (non-hydrogen) atoms. The van der Waals surface area contributed by atoms with E-state index in [9.17, 15) is 14.4 Å². The van der Waals surface area contributed by atoms with Gasteiger partial charge in [-0.25, -0.2) is 0 Å². The first-order chi connectivity index (χ1) is 14.6. The first kappa shape index (κ1) is 21.6. The lowest BCUT2D eigenvalue weighted by molar-refractivity contribution is -0.147. The van der Waals surface area contributed by atoms with Crippen molar-refractivity contribution in [3.05, 3.63) is 60.1 Å². The number of rotatable bonds is 11. The standard InChI is InChI=1S/C23H28N2O5/c1-2-29-23(28)13-12-21(26)25(19-10-11-19)17-22(27)24(16-20-9-6-14-30-20)15-18-7-4-3-5-8-18/h3-9,14,19H,2,10-13,15-17H2,1H3. The van der Waals surface area contributed by atoms with Crippen LogP contribution >= 0.6 is 0 Å². The van der Waals surface area contributed by atoms with Gasteiger partial charge < -0.3 is 19.0 Å². The normalized spacial score (nSPS) is 13.0. The number of ether oxygens (including phenoxy) is 1. The Morgan fingerprint density at radius 2 is 1.77 bits per heavy atom. The van der Waals surface area contributed by atoms with Crippen molar-refractivity contribution in [1.82, 2.24) is 9.80 Å². The smallest absolute Gasteiger partial charge is 0.306 e. The predicted octanol–water partition coefficient (Wildman–Crippen LogP) is 3.14. The van der Waals surface area contributed by atoms with Crippen molar-refractivity contribution in [2.75, 3.05) is 13.2 Å². The largest absolute Gasteiger partial charge is 0.467 e. The summed E-state index contributed by atoms with van der Waals surface area (Å²) in [7, 11) is 0. The highest BCUT2D eigenvalue weighted by atomic mass is 16.5. The molecular formula is C23H28N2O5. The number of amides is 2. The lowest BCUT2D eigenvalue weighted by Gasteiger charge is -2.27. The molecule has 7 heteroatoms. The van der Waals surface area contributed by atoms with Gasteiger partial charge in [-0.2, -0.15) is 0 Å². The minimum absolute atomic E-state index is 0.000131. The molecule has 0 radical (unpaired) electrons. The highest BCUT2D eigenvalue weighted by Crippen LogP contribution is 2.28. The molecular weight excluding hydrogens is 384 g/mol. The van der Waals surface area contributed by atoms with E-state index in [1.807, 2.05) is 36.4 Å². The lowest BCUT2D eigenvalue weighted by Crippen LogP contribution is -2.43. The summed E-state index contributed by atoms with van der Waals surface area (Å²) in [6, 6.07) is 13.4. The summed E-state index contributed by atoms with van der Waals surface area (Å²) in [5.41, 5.74) is 1.00. The molecule has 1 aliphatic carbocycles. The van der Waals surface area contributed by atoms with Gasteiger partial charge in [0, 0.05) is 19.0 Å². The first-order valence-corrected chi connectivity index (χ1v) is 10.4. The highest BCUT2D eigenvalue weighted by molar-refractivity contribution is 5.87. The number of esters is 1. The van der Waals surface area contributed by atoms with Gasteiger partial charge in [0.15, 0.2) is 0 Å². The summed E-state index contributed by atoms with van der Waals surface area (Å²) in [4.78, 5) is 40.8. The number of nitrogens with zero attached hydrogens (tertiary/aromatic N) is 2. The molecule has 1 fully saturated rings. The summed E-state index contributed by atoms with van der Waals surface area (Å²) >= 11 is 0. The maximum Gasteiger partial charge on any atom is 0.306 e. The maximum atomic E-state index is 13.2. The van der Waals surface area contributed by atoms with Gasteiger partial charge in [-0.15, -0.1) is 0 Å². The Kier molecular flexibility index (Phi) is 7.65. The number of furan rings is 1. The molecule has 1 saturated carbocycles. The van der Waals surface area contributed by atoms with Gasteiger partial charge in [-0.1, -0.05) is 30.3 Å². The van der Waals surface area contributed by atoms with Crippen LogP contribution in [0, 0.1) is 0 Å². The second-order valence-electron chi connectivity index (χ2n) is 7.37. The Morgan fingerprint density at radius 1 is 1.00 bits per heavy atom. The SMILES string of the molecule is CCOC(=O)CCC(=O)N(CC(=O)N(Cc1ccccc1)Cc1ccco1)C1CC1. The van der Waals surface area contributed by atoms with E-state index >= 15 is 0 Å². The minimum Gasteiger partial charge on any atom is -0.467 e. The predicted molar refractivity (Wildman–Crippen MR) is 110 cm³/mol. The summed E-state index contributed by atoms with van der Waals surface area (Å²) < 4.78 is 10.3. The average molecular weight is 412 g/mol. The van der Waals surface area contributed by atoms with Crippen molar-refractivity contribution in [2.45, 2.75) is 51.7 Å². The maximum absolute atomic E-state index is 13.2. The van der Waals surface area contributed by atoms with E-state index < -0.39 is 5.97 Å². The summed E-state index contributed by atoms with van der Waals surface area (Å²) in [5, 5.41) is 0. The van der Waals surface area contributed by atoms with Crippen LogP contribution in [0.2, 0.25) is 0 Å². The number of carbonyl (C=O) groups excluding carboxylic acids is 3. The van der Waals surface area contributed by atoms with Crippen LogP contribution in [-0.2, 0) is 32.2 Å². The molecule has 0 atom stereocenters. The average Bonchev–Trinajstić information content (AvgIpc) is 3.46. The van der Waals surface area contributed by atoms with Gasteiger partial charge in [0.05, 0.1) is 25.8 Å². The van der Waals surface area contributed by atoms with Gasteiger partial charge in [0.1, 0.15) is 12.3 Å². The molecule has 7 nitrogen and oxygen atoms in total. The third-order valence-electron chi connectivity index (χ3n) is 4.96. The zero-order chi connectivity index (χ0) is 21.3. The van der Waals surface area contributed by atoms with Crippen LogP contribution in [-0.4, -0.2) is 46.8 Å². The number of hydrogen-bond acceptors (Lipinski definition) is 5. The van der Waals surface area contributed by atoms with E-state index in [-0.39, 0.29) is 37.2 Å². The Labute approximate surface area is 176 Å². The molecule has 0 bridgehead atoms. The van der Waals surface area contributed by atoms with Gasteiger partial charge in [0.2, 0.25) is 11.8 Å². The van der Waals surface area contributed by atoms with Gasteiger partial charge in [-0.05, 0) is 37.5 Å². The van der Waals surface area contributed by atoms with E-state index in [0.717, 1.165) is 18.4 Å². The number of carbonyl (C=O) groups is 3. The third kappa shape index (κ3) is 6.47. The highest BCUT2D eigenvalue weighted by Gasteiger charge is 2.34. The quantitative estimate of drug-likeness (QED) is 0.530. The minimum atomic E-state index is -0.392. The van der Waals surface area contributed by atoms with Crippen molar-refractivity contribution in [2.24, 2.45) is 0 Å². The Morgan fingerprint density at radius 3 is 2.40 bits per heavy atom. The molecule has 0 unspecified atom stereocenters. The van der Waals surface area contributed by atoms with Crippen molar-refractivity contribution in [1.29, 1.82) is 0 Å².